The van der Waals surface area contributed by atoms with Crippen LogP contribution in [0.2, 0.25) is 0 Å². The minimum absolute atomic E-state index is 0.233. The first-order chi connectivity index (χ1) is 9.31. The number of hydrogen-bond donors (Lipinski definition) is 0. The molecule has 1 unspecified atom stereocenters. The maximum Gasteiger partial charge on any atom is 0.341 e. The maximum absolute atomic E-state index is 11.7. The summed E-state index contributed by atoms with van der Waals surface area (Å²) >= 11 is 0. The van der Waals surface area contributed by atoms with Crippen LogP contribution in [0.5, 0.6) is 0 Å². The molecule has 0 aromatic carbocycles. The molecule has 3 heterocycles. The van der Waals surface area contributed by atoms with Gasteiger partial charge in [0.1, 0.15) is 11.4 Å². The van der Waals surface area contributed by atoms with Crippen molar-refractivity contribution < 1.29 is 14.3 Å². The van der Waals surface area contributed by atoms with Crippen LogP contribution in [0.15, 0.2) is 18.3 Å². The Balaban J connectivity index is 2.05. The van der Waals surface area contributed by atoms with Gasteiger partial charge < -0.3 is 9.47 Å². The summed E-state index contributed by atoms with van der Waals surface area (Å²) in [5.74, 6) is 0.682. The lowest BCUT2D eigenvalue weighted by molar-refractivity contribution is 0.0602. The molecule has 0 amide bonds. The third-order valence-electron chi connectivity index (χ3n) is 3.39. The molecule has 0 N–H and O–H groups in total. The molecule has 0 radical (unpaired) electrons. The fourth-order valence-corrected chi connectivity index (χ4v) is 2.43. The van der Waals surface area contributed by atoms with E-state index in [0.29, 0.717) is 17.8 Å². The van der Waals surface area contributed by atoms with Crippen LogP contribution in [0.25, 0.3) is 5.65 Å². The third-order valence-corrected chi connectivity index (χ3v) is 3.39. The van der Waals surface area contributed by atoms with Gasteiger partial charge in [-0.15, -0.1) is 10.2 Å². The first kappa shape index (κ1) is 12.1. The highest BCUT2D eigenvalue weighted by Gasteiger charge is 2.23. The SMILES string of the molecule is COC(=O)c1cccn2c(C3CCCOC3)nnc12. The summed E-state index contributed by atoms with van der Waals surface area (Å²) in [7, 11) is 1.36. The van der Waals surface area contributed by atoms with E-state index >= 15 is 0 Å². The molecular weight excluding hydrogens is 246 g/mol. The largest absolute Gasteiger partial charge is 0.465 e. The van der Waals surface area contributed by atoms with Gasteiger partial charge in [-0.1, -0.05) is 0 Å². The van der Waals surface area contributed by atoms with Crippen LogP contribution in [0.3, 0.4) is 0 Å². The first-order valence-electron chi connectivity index (χ1n) is 6.31. The first-order valence-corrected chi connectivity index (χ1v) is 6.31. The molecule has 1 aliphatic heterocycles. The zero-order valence-electron chi connectivity index (χ0n) is 10.7. The van der Waals surface area contributed by atoms with Gasteiger partial charge in [0.05, 0.1) is 13.7 Å². The molecule has 1 atom stereocenters. The molecule has 0 spiro atoms. The van der Waals surface area contributed by atoms with E-state index in [4.69, 9.17) is 9.47 Å². The molecule has 1 aliphatic rings. The molecule has 6 heteroatoms. The third kappa shape index (κ3) is 2.08. The summed E-state index contributed by atoms with van der Waals surface area (Å²) in [5.41, 5.74) is 0.968. The number of nitrogens with zero attached hydrogens (tertiary/aromatic N) is 3. The van der Waals surface area contributed by atoms with Crippen molar-refractivity contribution >= 4 is 11.6 Å². The Hall–Kier alpha value is -1.95. The highest BCUT2D eigenvalue weighted by molar-refractivity contribution is 5.95. The minimum Gasteiger partial charge on any atom is -0.465 e. The van der Waals surface area contributed by atoms with Gasteiger partial charge in [0, 0.05) is 18.7 Å². The van der Waals surface area contributed by atoms with E-state index in [2.05, 4.69) is 10.2 Å². The minimum atomic E-state index is -0.399. The van der Waals surface area contributed by atoms with E-state index in [1.54, 1.807) is 12.1 Å². The van der Waals surface area contributed by atoms with Gasteiger partial charge in [-0.2, -0.15) is 0 Å². The van der Waals surface area contributed by atoms with Crippen molar-refractivity contribution in [1.29, 1.82) is 0 Å². The van der Waals surface area contributed by atoms with Crippen molar-refractivity contribution in [2.45, 2.75) is 18.8 Å². The van der Waals surface area contributed by atoms with Gasteiger partial charge >= 0.3 is 5.97 Å². The number of carbonyl (C=O) groups is 1. The number of ether oxygens (including phenoxy) is 2. The lowest BCUT2D eigenvalue weighted by Crippen LogP contribution is -2.18. The van der Waals surface area contributed by atoms with Crippen LogP contribution in [0, 0.1) is 0 Å². The summed E-state index contributed by atoms with van der Waals surface area (Å²) in [6.07, 6.45) is 3.92. The van der Waals surface area contributed by atoms with E-state index in [9.17, 15) is 4.79 Å². The molecule has 2 aromatic heterocycles. The fourth-order valence-electron chi connectivity index (χ4n) is 2.43. The van der Waals surface area contributed by atoms with Gasteiger partial charge in [-0.25, -0.2) is 4.79 Å². The normalized spacial score (nSPS) is 19.5. The Morgan fingerprint density at radius 3 is 3.16 bits per heavy atom. The van der Waals surface area contributed by atoms with Gasteiger partial charge in [0.15, 0.2) is 5.65 Å². The van der Waals surface area contributed by atoms with Crippen LogP contribution in [0.1, 0.15) is 34.9 Å². The Morgan fingerprint density at radius 2 is 2.42 bits per heavy atom. The quantitative estimate of drug-likeness (QED) is 0.765. The van der Waals surface area contributed by atoms with Gasteiger partial charge in [-0.3, -0.25) is 4.40 Å². The number of carbonyl (C=O) groups excluding carboxylic acids is 1. The monoisotopic (exact) mass is 261 g/mol. The van der Waals surface area contributed by atoms with Crippen molar-refractivity contribution in [2.75, 3.05) is 20.3 Å². The number of esters is 1. The smallest absolute Gasteiger partial charge is 0.341 e. The predicted octanol–water partition coefficient (Wildman–Crippen LogP) is 1.41. The van der Waals surface area contributed by atoms with Gasteiger partial charge in [-0.05, 0) is 25.0 Å². The van der Waals surface area contributed by atoms with Gasteiger partial charge in [0.25, 0.3) is 0 Å². The molecule has 19 heavy (non-hydrogen) atoms. The summed E-state index contributed by atoms with van der Waals surface area (Å²) in [6, 6.07) is 3.49. The molecule has 2 aromatic rings. The summed E-state index contributed by atoms with van der Waals surface area (Å²) in [5, 5.41) is 8.34. The van der Waals surface area contributed by atoms with Crippen LogP contribution in [-0.4, -0.2) is 40.9 Å². The van der Waals surface area contributed by atoms with Crippen molar-refractivity contribution in [3.05, 3.63) is 29.7 Å². The van der Waals surface area contributed by atoms with Crippen LogP contribution in [0.4, 0.5) is 0 Å². The fraction of sp³-hybridized carbons (Fsp3) is 0.462. The lowest BCUT2D eigenvalue weighted by Gasteiger charge is -2.20. The van der Waals surface area contributed by atoms with E-state index in [1.165, 1.54) is 7.11 Å². The van der Waals surface area contributed by atoms with Crippen LogP contribution >= 0.6 is 0 Å². The van der Waals surface area contributed by atoms with E-state index < -0.39 is 5.97 Å². The standard InChI is InChI=1S/C13H15N3O3/c1-18-13(17)10-5-2-6-16-11(14-15-12(10)16)9-4-3-7-19-8-9/h2,5-6,9H,3-4,7-8H2,1H3. The number of fused-ring (bicyclic) bond motifs is 1. The topological polar surface area (TPSA) is 65.7 Å². The lowest BCUT2D eigenvalue weighted by atomic mass is 10.0. The second-order valence-electron chi connectivity index (χ2n) is 4.58. The summed E-state index contributed by atoms with van der Waals surface area (Å²) in [4.78, 5) is 11.7. The predicted molar refractivity (Wildman–Crippen MR) is 67.1 cm³/mol. The Kier molecular flexibility index (Phi) is 3.16. The number of rotatable bonds is 2. The number of aromatic nitrogens is 3. The van der Waals surface area contributed by atoms with Crippen molar-refractivity contribution in [1.82, 2.24) is 14.6 Å². The van der Waals surface area contributed by atoms with E-state index in [1.807, 2.05) is 10.6 Å². The van der Waals surface area contributed by atoms with Crippen molar-refractivity contribution in [2.24, 2.45) is 0 Å². The second-order valence-corrected chi connectivity index (χ2v) is 4.58. The summed E-state index contributed by atoms with van der Waals surface area (Å²) in [6.45, 7) is 1.46. The zero-order valence-corrected chi connectivity index (χ0v) is 10.7. The second kappa shape index (κ2) is 4.97. The van der Waals surface area contributed by atoms with Gasteiger partial charge in [0.2, 0.25) is 0 Å². The average molecular weight is 261 g/mol. The molecule has 0 bridgehead atoms. The molecule has 100 valence electrons. The number of methoxy groups -OCH3 is 1. The van der Waals surface area contributed by atoms with Crippen molar-refractivity contribution in [3.63, 3.8) is 0 Å². The molecule has 1 saturated heterocycles. The van der Waals surface area contributed by atoms with E-state index in [-0.39, 0.29) is 5.92 Å². The maximum atomic E-state index is 11.7. The molecule has 0 aliphatic carbocycles. The zero-order chi connectivity index (χ0) is 13.2. The van der Waals surface area contributed by atoms with Crippen molar-refractivity contribution in [3.8, 4) is 0 Å². The summed E-state index contributed by atoms with van der Waals surface area (Å²) < 4.78 is 12.1. The van der Waals surface area contributed by atoms with Crippen LogP contribution in [-0.2, 0) is 9.47 Å². The Morgan fingerprint density at radius 1 is 1.53 bits per heavy atom. The molecule has 0 saturated carbocycles. The molecule has 3 rings (SSSR count). The molecule has 6 nitrogen and oxygen atoms in total. The number of hydrogen-bond acceptors (Lipinski definition) is 5. The highest BCUT2D eigenvalue weighted by Crippen LogP contribution is 2.25. The Bertz CT molecular complexity index is 602. The molecular formula is C13H15N3O3. The average Bonchev–Trinajstić information content (AvgIpc) is 2.91. The molecule has 1 fully saturated rings. The highest BCUT2D eigenvalue weighted by atomic mass is 16.5. The van der Waals surface area contributed by atoms with Crippen LogP contribution < -0.4 is 0 Å². The number of pyridine rings is 1. The van der Waals surface area contributed by atoms with E-state index in [0.717, 1.165) is 25.3 Å². The Labute approximate surface area is 110 Å².